The molecule has 1 N–H and O–H groups in total. The highest BCUT2D eigenvalue weighted by atomic mass is 32.2. The second-order valence-electron chi connectivity index (χ2n) is 7.66. The Balaban J connectivity index is 1.75. The summed E-state index contributed by atoms with van der Waals surface area (Å²) >= 11 is 1.22. The summed E-state index contributed by atoms with van der Waals surface area (Å²) in [7, 11) is 1.31. The molecule has 1 amide bonds. The van der Waals surface area contributed by atoms with E-state index in [1.807, 2.05) is 12.1 Å². The molecular weight excluding hydrogens is 452 g/mol. The predicted octanol–water partition coefficient (Wildman–Crippen LogP) is 3.65. The molecule has 0 aliphatic heterocycles. The van der Waals surface area contributed by atoms with Crippen molar-refractivity contribution in [1.29, 1.82) is 0 Å². The highest BCUT2D eigenvalue weighted by molar-refractivity contribution is 7.99. The van der Waals surface area contributed by atoms with Crippen LogP contribution in [0.1, 0.15) is 30.6 Å². The number of nitrogens with one attached hydrogen (secondary N) is 1. The Morgan fingerprint density at radius 2 is 1.88 bits per heavy atom. The van der Waals surface area contributed by atoms with Crippen LogP contribution in [0.2, 0.25) is 0 Å². The molecule has 1 heterocycles. The summed E-state index contributed by atoms with van der Waals surface area (Å²) in [5.74, 6) is -0.660. The minimum absolute atomic E-state index is 0.0727. The lowest BCUT2D eigenvalue weighted by atomic mass is 10.2. The number of hydrogen-bond acceptors (Lipinski definition) is 7. The van der Waals surface area contributed by atoms with E-state index >= 15 is 0 Å². The van der Waals surface area contributed by atoms with Gasteiger partial charge in [-0.2, -0.15) is 0 Å². The lowest BCUT2D eigenvalue weighted by Gasteiger charge is -2.19. The van der Waals surface area contributed by atoms with E-state index < -0.39 is 5.97 Å². The normalized spacial score (nSPS) is 11.1. The van der Waals surface area contributed by atoms with Gasteiger partial charge in [-0.05, 0) is 56.4 Å². The number of anilines is 1. The topological polar surface area (TPSA) is 93.5 Å². The van der Waals surface area contributed by atoms with E-state index in [1.165, 1.54) is 18.9 Å². The van der Waals surface area contributed by atoms with Gasteiger partial charge in [0.25, 0.3) is 5.56 Å². The number of aromatic nitrogens is 2. The number of thioether (sulfide) groups is 1. The van der Waals surface area contributed by atoms with Crippen LogP contribution in [0.25, 0.3) is 10.9 Å². The number of ether oxygens (including phenoxy) is 1. The molecule has 0 spiro atoms. The van der Waals surface area contributed by atoms with Gasteiger partial charge in [0.2, 0.25) is 5.91 Å². The number of carbonyl (C=O) groups is 2. The first kappa shape index (κ1) is 25.5. The number of methoxy groups -OCH3 is 1. The van der Waals surface area contributed by atoms with Crippen LogP contribution in [0.4, 0.5) is 5.69 Å². The first-order valence-corrected chi connectivity index (χ1v) is 12.3. The highest BCUT2D eigenvalue weighted by Crippen LogP contribution is 2.19. The van der Waals surface area contributed by atoms with Crippen molar-refractivity contribution in [3.05, 3.63) is 64.4 Å². The zero-order valence-electron chi connectivity index (χ0n) is 19.7. The molecule has 3 rings (SSSR count). The monoisotopic (exact) mass is 482 g/mol. The maximum Gasteiger partial charge on any atom is 0.337 e. The van der Waals surface area contributed by atoms with Crippen molar-refractivity contribution < 1.29 is 14.3 Å². The van der Waals surface area contributed by atoms with E-state index in [0.717, 1.165) is 26.1 Å². The van der Waals surface area contributed by atoms with E-state index in [9.17, 15) is 14.4 Å². The second kappa shape index (κ2) is 12.3. The lowest BCUT2D eigenvalue weighted by Crippen LogP contribution is -2.28. The van der Waals surface area contributed by atoms with E-state index in [1.54, 1.807) is 41.0 Å². The van der Waals surface area contributed by atoms with Crippen molar-refractivity contribution in [3.63, 3.8) is 0 Å². The quantitative estimate of drug-likeness (QED) is 0.253. The molecule has 0 aliphatic carbocycles. The number of rotatable bonds is 11. The molecule has 1 aromatic heterocycles. The van der Waals surface area contributed by atoms with Crippen molar-refractivity contribution in [2.75, 3.05) is 37.8 Å². The number of hydrogen-bond donors (Lipinski definition) is 1. The van der Waals surface area contributed by atoms with Gasteiger partial charge in [0.05, 0.1) is 29.3 Å². The summed E-state index contributed by atoms with van der Waals surface area (Å²) in [5.41, 5.74) is 1.36. The van der Waals surface area contributed by atoms with Crippen molar-refractivity contribution in [1.82, 2.24) is 14.5 Å². The summed E-state index contributed by atoms with van der Waals surface area (Å²) in [6.45, 7) is 7.56. The van der Waals surface area contributed by atoms with Crippen LogP contribution in [-0.2, 0) is 16.1 Å². The maximum atomic E-state index is 13.2. The Morgan fingerprint density at radius 3 is 2.62 bits per heavy atom. The predicted molar refractivity (Wildman–Crippen MR) is 136 cm³/mol. The third-order valence-electron chi connectivity index (χ3n) is 5.48. The fraction of sp³-hybridized carbons (Fsp3) is 0.360. The first-order valence-electron chi connectivity index (χ1n) is 11.3. The second-order valence-corrected chi connectivity index (χ2v) is 8.60. The van der Waals surface area contributed by atoms with Gasteiger partial charge < -0.3 is 15.0 Å². The summed E-state index contributed by atoms with van der Waals surface area (Å²) in [6.07, 6.45) is 0.807. The first-order chi connectivity index (χ1) is 16.5. The van der Waals surface area contributed by atoms with Gasteiger partial charge in [0.15, 0.2) is 5.16 Å². The number of nitrogens with zero attached hydrogens (tertiary/aromatic N) is 3. The average Bonchev–Trinajstić information content (AvgIpc) is 2.86. The Labute approximate surface area is 203 Å². The van der Waals surface area contributed by atoms with Crippen LogP contribution in [-0.4, -0.2) is 58.8 Å². The molecule has 0 radical (unpaired) electrons. The summed E-state index contributed by atoms with van der Waals surface area (Å²) < 4.78 is 6.39. The van der Waals surface area contributed by atoms with Crippen molar-refractivity contribution in [3.8, 4) is 0 Å². The molecular formula is C25H30N4O4S. The molecule has 9 heteroatoms. The SMILES string of the molecule is CCN(CC)CCCn1c(SCC(=O)Nc2cccc(C(=O)OC)c2)nc2ccccc2c1=O. The van der Waals surface area contributed by atoms with Gasteiger partial charge >= 0.3 is 5.97 Å². The number of esters is 1. The molecule has 0 unspecified atom stereocenters. The molecule has 3 aromatic rings. The largest absolute Gasteiger partial charge is 0.465 e. The van der Waals surface area contributed by atoms with Gasteiger partial charge in [-0.25, -0.2) is 9.78 Å². The lowest BCUT2D eigenvalue weighted by molar-refractivity contribution is -0.113. The van der Waals surface area contributed by atoms with Crippen LogP contribution in [0.15, 0.2) is 58.5 Å². The van der Waals surface area contributed by atoms with Gasteiger partial charge in [-0.1, -0.05) is 43.8 Å². The van der Waals surface area contributed by atoms with Crippen LogP contribution >= 0.6 is 11.8 Å². The molecule has 0 fully saturated rings. The highest BCUT2D eigenvalue weighted by Gasteiger charge is 2.14. The van der Waals surface area contributed by atoms with Gasteiger partial charge in [0.1, 0.15) is 0 Å². The zero-order valence-corrected chi connectivity index (χ0v) is 20.6. The fourth-order valence-electron chi connectivity index (χ4n) is 3.62. The molecule has 34 heavy (non-hydrogen) atoms. The van der Waals surface area contributed by atoms with E-state index in [4.69, 9.17) is 4.74 Å². The van der Waals surface area contributed by atoms with Gasteiger partial charge in [-0.15, -0.1) is 0 Å². The Bertz CT molecular complexity index is 1210. The van der Waals surface area contributed by atoms with Crippen molar-refractivity contribution in [2.24, 2.45) is 0 Å². The Morgan fingerprint density at radius 1 is 1.12 bits per heavy atom. The van der Waals surface area contributed by atoms with Gasteiger partial charge in [-0.3, -0.25) is 14.2 Å². The zero-order chi connectivity index (χ0) is 24.5. The van der Waals surface area contributed by atoms with Crippen LogP contribution in [0.3, 0.4) is 0 Å². The molecule has 180 valence electrons. The Kier molecular flexibility index (Phi) is 9.24. The molecule has 0 saturated carbocycles. The van der Waals surface area contributed by atoms with Gasteiger partial charge in [0, 0.05) is 12.2 Å². The molecule has 2 aromatic carbocycles. The summed E-state index contributed by atoms with van der Waals surface area (Å²) in [6, 6.07) is 13.8. The molecule has 0 saturated heterocycles. The molecule has 8 nitrogen and oxygen atoms in total. The average molecular weight is 483 g/mol. The van der Waals surface area contributed by atoms with E-state index in [0.29, 0.717) is 33.9 Å². The number of fused-ring (bicyclic) bond motifs is 1. The van der Waals surface area contributed by atoms with E-state index in [-0.39, 0.29) is 17.2 Å². The van der Waals surface area contributed by atoms with Crippen molar-refractivity contribution >= 4 is 40.2 Å². The molecule has 0 bridgehead atoms. The maximum absolute atomic E-state index is 13.2. The molecule has 0 atom stereocenters. The number of carbonyl (C=O) groups excluding carboxylic acids is 2. The number of benzene rings is 2. The standard InChI is InChI=1S/C25H30N4O4S/c1-4-28(5-2)14-9-15-29-23(31)20-12-6-7-13-21(20)27-25(29)34-17-22(30)26-19-11-8-10-18(16-19)24(32)33-3/h6-8,10-13,16H,4-5,9,14-15,17H2,1-3H3,(H,26,30). The Hall–Kier alpha value is -3.17. The molecule has 0 aliphatic rings. The van der Waals surface area contributed by atoms with Crippen LogP contribution in [0, 0.1) is 0 Å². The number of para-hydroxylation sites is 1. The fourth-order valence-corrected chi connectivity index (χ4v) is 4.44. The minimum atomic E-state index is -0.473. The minimum Gasteiger partial charge on any atom is -0.465 e. The third kappa shape index (κ3) is 6.45. The third-order valence-corrected chi connectivity index (χ3v) is 6.45. The van der Waals surface area contributed by atoms with E-state index in [2.05, 4.69) is 29.0 Å². The van der Waals surface area contributed by atoms with Crippen LogP contribution in [0.5, 0.6) is 0 Å². The number of amides is 1. The van der Waals surface area contributed by atoms with Crippen molar-refractivity contribution in [2.45, 2.75) is 32.0 Å². The smallest absolute Gasteiger partial charge is 0.337 e. The van der Waals surface area contributed by atoms with Crippen LogP contribution < -0.4 is 10.9 Å². The summed E-state index contributed by atoms with van der Waals surface area (Å²) in [4.78, 5) is 44.5. The summed E-state index contributed by atoms with van der Waals surface area (Å²) in [5, 5.41) is 3.87.